The number of anilines is 1. The van der Waals surface area contributed by atoms with Crippen molar-refractivity contribution in [1.82, 2.24) is 19.7 Å². The van der Waals surface area contributed by atoms with Crippen molar-refractivity contribution in [1.29, 1.82) is 0 Å². The molecule has 11 heteroatoms. The zero-order chi connectivity index (χ0) is 20.8. The smallest absolute Gasteiger partial charge is 0.262 e. The highest BCUT2D eigenvalue weighted by Crippen LogP contribution is 2.31. The van der Waals surface area contributed by atoms with Crippen LogP contribution < -0.4 is 9.86 Å². The minimum absolute atomic E-state index is 0.0377. The molecule has 1 aliphatic heterocycles. The Kier molecular flexibility index (Phi) is 4.95. The number of sulfonamides is 1. The molecular formula is C18H19N5O4S2. The molecule has 1 N–H and O–H groups in total. The van der Waals surface area contributed by atoms with E-state index in [0.717, 1.165) is 17.3 Å². The van der Waals surface area contributed by atoms with E-state index in [-0.39, 0.29) is 22.8 Å². The minimum atomic E-state index is -3.32. The van der Waals surface area contributed by atoms with E-state index < -0.39 is 10.0 Å². The van der Waals surface area contributed by atoms with Gasteiger partial charge in [-0.1, -0.05) is 11.8 Å². The summed E-state index contributed by atoms with van der Waals surface area (Å²) in [4.78, 5) is 31.7. The number of hydrogen-bond donors (Lipinski definition) is 1. The maximum absolute atomic E-state index is 12.6. The van der Waals surface area contributed by atoms with Gasteiger partial charge in [0.15, 0.2) is 16.6 Å². The number of carbonyl (C=O) groups is 1. The Labute approximate surface area is 171 Å². The molecule has 0 saturated heterocycles. The van der Waals surface area contributed by atoms with Crippen LogP contribution in [0.2, 0.25) is 0 Å². The number of carbonyl (C=O) groups excluding carboxylic acids is 1. The first-order valence-corrected chi connectivity index (χ1v) is 11.6. The van der Waals surface area contributed by atoms with Crippen molar-refractivity contribution in [2.75, 3.05) is 22.4 Å². The van der Waals surface area contributed by atoms with Gasteiger partial charge in [-0.15, -0.1) is 0 Å². The van der Waals surface area contributed by atoms with Gasteiger partial charge in [-0.25, -0.2) is 13.4 Å². The second-order valence-electron chi connectivity index (χ2n) is 6.65. The number of nitrogens with one attached hydrogen (secondary N) is 1. The number of thioether (sulfide) groups is 1. The third-order valence-electron chi connectivity index (χ3n) is 4.87. The summed E-state index contributed by atoms with van der Waals surface area (Å²) in [6, 6.07) is 5.09. The molecule has 0 saturated carbocycles. The lowest BCUT2D eigenvalue weighted by atomic mass is 10.1. The fourth-order valence-corrected chi connectivity index (χ4v) is 5.20. The summed E-state index contributed by atoms with van der Waals surface area (Å²) in [5.41, 5.74) is 2.16. The van der Waals surface area contributed by atoms with Crippen LogP contribution in [0.25, 0.3) is 11.0 Å². The van der Waals surface area contributed by atoms with Crippen molar-refractivity contribution in [2.45, 2.75) is 18.5 Å². The topological polar surface area (TPSA) is 118 Å². The Morgan fingerprint density at radius 1 is 1.34 bits per heavy atom. The van der Waals surface area contributed by atoms with Crippen LogP contribution in [0.5, 0.6) is 0 Å². The summed E-state index contributed by atoms with van der Waals surface area (Å²) < 4.78 is 27.3. The lowest BCUT2D eigenvalue weighted by molar-refractivity contribution is 0.102. The van der Waals surface area contributed by atoms with E-state index in [2.05, 4.69) is 15.1 Å². The molecule has 2 aromatic heterocycles. The Balaban J connectivity index is 1.52. The van der Waals surface area contributed by atoms with Crippen LogP contribution >= 0.6 is 11.8 Å². The number of H-pyrrole nitrogens is 1. The van der Waals surface area contributed by atoms with Crippen LogP contribution in [0.1, 0.15) is 22.8 Å². The van der Waals surface area contributed by atoms with Crippen molar-refractivity contribution in [3.63, 3.8) is 0 Å². The van der Waals surface area contributed by atoms with Gasteiger partial charge in [0, 0.05) is 19.2 Å². The molecule has 0 atom stereocenters. The van der Waals surface area contributed by atoms with E-state index in [1.165, 1.54) is 15.2 Å². The summed E-state index contributed by atoms with van der Waals surface area (Å²) in [7, 11) is -1.62. The van der Waals surface area contributed by atoms with E-state index in [4.69, 9.17) is 0 Å². The molecule has 0 bridgehead atoms. The molecule has 0 fully saturated rings. The Morgan fingerprint density at radius 3 is 2.90 bits per heavy atom. The molecule has 29 heavy (non-hydrogen) atoms. The van der Waals surface area contributed by atoms with Crippen molar-refractivity contribution in [3.8, 4) is 0 Å². The second-order valence-corrected chi connectivity index (χ2v) is 9.80. The zero-order valence-corrected chi connectivity index (χ0v) is 17.5. The van der Waals surface area contributed by atoms with Gasteiger partial charge < -0.3 is 4.98 Å². The van der Waals surface area contributed by atoms with Gasteiger partial charge in [0.2, 0.25) is 10.0 Å². The van der Waals surface area contributed by atoms with Crippen molar-refractivity contribution < 1.29 is 13.2 Å². The minimum Gasteiger partial charge on any atom is -0.301 e. The van der Waals surface area contributed by atoms with Crippen LogP contribution in [-0.2, 0) is 23.5 Å². The summed E-state index contributed by atoms with van der Waals surface area (Å²) in [6.07, 6.45) is 2.03. The number of fused-ring (bicyclic) bond motifs is 2. The fraction of sp³-hybridized carbons (Fsp3) is 0.333. The third kappa shape index (κ3) is 3.55. The summed E-state index contributed by atoms with van der Waals surface area (Å²) >= 11 is 1.14. The third-order valence-corrected chi connectivity index (χ3v) is 7.53. The number of hydrogen-bond acceptors (Lipinski definition) is 7. The van der Waals surface area contributed by atoms with Gasteiger partial charge in [-0.2, -0.15) is 5.10 Å². The highest BCUT2D eigenvalue weighted by molar-refractivity contribution is 7.99. The lowest BCUT2D eigenvalue weighted by Crippen LogP contribution is -2.30. The van der Waals surface area contributed by atoms with Crippen LogP contribution in [0, 0.1) is 0 Å². The maximum Gasteiger partial charge on any atom is 0.262 e. The van der Waals surface area contributed by atoms with E-state index in [1.54, 1.807) is 32.2 Å². The highest BCUT2D eigenvalue weighted by Gasteiger charge is 2.28. The van der Waals surface area contributed by atoms with E-state index in [0.29, 0.717) is 40.4 Å². The molecule has 9 nitrogen and oxygen atoms in total. The second kappa shape index (κ2) is 7.30. The average molecular weight is 434 g/mol. The first kappa shape index (κ1) is 19.6. The molecule has 0 unspecified atom stereocenters. The Morgan fingerprint density at radius 2 is 2.14 bits per heavy atom. The number of benzene rings is 1. The SMILES string of the molecule is CCS(=O)(=O)N1CCc2cc(C(=O)CSc3nc4c(cnn4C)c(=O)[nH]3)ccc21. The number of aromatic nitrogens is 4. The fourth-order valence-electron chi connectivity index (χ4n) is 3.29. The molecule has 4 rings (SSSR count). The van der Waals surface area contributed by atoms with E-state index in [9.17, 15) is 18.0 Å². The van der Waals surface area contributed by atoms with Crippen molar-refractivity contribution in [3.05, 3.63) is 45.9 Å². The predicted octanol–water partition coefficient (Wildman–Crippen LogP) is 1.34. The summed E-state index contributed by atoms with van der Waals surface area (Å²) in [6.45, 7) is 2.01. The molecule has 152 valence electrons. The summed E-state index contributed by atoms with van der Waals surface area (Å²) in [5, 5.41) is 4.76. The van der Waals surface area contributed by atoms with Crippen LogP contribution in [0.15, 0.2) is 34.3 Å². The van der Waals surface area contributed by atoms with Crippen LogP contribution in [0.4, 0.5) is 5.69 Å². The number of nitrogens with zero attached hydrogens (tertiary/aromatic N) is 4. The van der Waals surface area contributed by atoms with Gasteiger partial charge in [-0.05, 0) is 37.1 Å². The zero-order valence-electron chi connectivity index (χ0n) is 15.9. The first-order valence-electron chi connectivity index (χ1n) is 9.01. The molecule has 0 radical (unpaired) electrons. The molecular weight excluding hydrogens is 414 g/mol. The quantitative estimate of drug-likeness (QED) is 0.354. The van der Waals surface area contributed by atoms with Gasteiger partial charge in [0.1, 0.15) is 5.39 Å². The van der Waals surface area contributed by atoms with Crippen molar-refractivity contribution in [2.24, 2.45) is 7.05 Å². The van der Waals surface area contributed by atoms with Crippen molar-refractivity contribution >= 4 is 44.3 Å². The van der Waals surface area contributed by atoms with E-state index >= 15 is 0 Å². The predicted molar refractivity (Wildman–Crippen MR) is 111 cm³/mol. The van der Waals surface area contributed by atoms with E-state index in [1.807, 2.05) is 0 Å². The van der Waals surface area contributed by atoms with Gasteiger partial charge in [0.25, 0.3) is 5.56 Å². The number of aryl methyl sites for hydroxylation is 1. The lowest BCUT2D eigenvalue weighted by Gasteiger charge is -2.18. The van der Waals surface area contributed by atoms with Gasteiger partial charge >= 0.3 is 0 Å². The Bertz CT molecular complexity index is 1280. The largest absolute Gasteiger partial charge is 0.301 e. The van der Waals surface area contributed by atoms with Gasteiger partial charge in [-0.3, -0.25) is 18.6 Å². The molecule has 1 aliphatic rings. The monoisotopic (exact) mass is 433 g/mol. The molecule has 0 amide bonds. The number of aromatic amines is 1. The first-order chi connectivity index (χ1) is 13.8. The Hall–Kier alpha value is -2.66. The molecule has 3 heterocycles. The average Bonchev–Trinajstić information content (AvgIpc) is 3.30. The van der Waals surface area contributed by atoms with Crippen LogP contribution in [-0.4, -0.2) is 52.0 Å². The molecule has 0 spiro atoms. The molecule has 1 aromatic carbocycles. The molecule has 3 aromatic rings. The van der Waals surface area contributed by atoms with Gasteiger partial charge in [0.05, 0.1) is 23.4 Å². The van der Waals surface area contributed by atoms with Crippen LogP contribution in [0.3, 0.4) is 0 Å². The normalized spacial score (nSPS) is 13.8. The number of ketones is 1. The summed E-state index contributed by atoms with van der Waals surface area (Å²) in [5.74, 6) is 0.0141. The highest BCUT2D eigenvalue weighted by atomic mass is 32.2. The number of Topliss-reactive ketones (excluding diaryl/α,β-unsaturated/α-hetero) is 1. The number of rotatable bonds is 6. The maximum atomic E-state index is 12.6. The standard InChI is InChI=1S/C18H19N5O4S2/c1-3-29(26,27)23-7-6-11-8-12(4-5-14(11)23)15(24)10-28-18-20-16-13(17(25)21-18)9-19-22(16)2/h4-5,8-9H,3,6-7,10H2,1-2H3,(H,20,21,25). The molecule has 0 aliphatic carbocycles.